The summed E-state index contributed by atoms with van der Waals surface area (Å²) in [6.07, 6.45) is 11.1. The highest BCUT2D eigenvalue weighted by atomic mass is 16.6. The Hall–Kier alpha value is -6.41. The first-order chi connectivity index (χ1) is 24.6. The van der Waals surface area contributed by atoms with Crippen LogP contribution in [0.3, 0.4) is 0 Å². The predicted molar refractivity (Wildman–Crippen MR) is 200 cm³/mol. The molecule has 4 heterocycles. The van der Waals surface area contributed by atoms with Crippen molar-refractivity contribution in [1.29, 1.82) is 0 Å². The summed E-state index contributed by atoms with van der Waals surface area (Å²) >= 11 is 0. The van der Waals surface area contributed by atoms with Gasteiger partial charge in [0.25, 0.3) is 0 Å². The molecule has 0 aliphatic heterocycles. The van der Waals surface area contributed by atoms with Crippen LogP contribution in [0.4, 0.5) is 0 Å². The van der Waals surface area contributed by atoms with Crippen molar-refractivity contribution in [2.45, 2.75) is 25.7 Å². The van der Waals surface area contributed by atoms with Gasteiger partial charge in [-0.25, -0.2) is 9.97 Å². The van der Waals surface area contributed by atoms with E-state index in [2.05, 4.69) is 135 Å². The molecule has 0 spiro atoms. The Bertz CT molecular complexity index is 2300. The highest BCUT2D eigenvalue weighted by Gasteiger charge is 2.24. The standard InChI is InChI=1S/C42H35N7O/c1-28(30-14-16-40-38(22-30)45-26-48(40)36-12-4-8-32(20-36)34-10-6-18-43-24-34)42(47-50-3)29(2)31-15-17-41-39(23-31)46-27-49(41)37-13-5-9-33(21-37)35-11-7-19-44-25-35/h4-29H,1-3H3. The number of fused-ring (bicyclic) bond motifs is 2. The van der Waals surface area contributed by atoms with Crippen molar-refractivity contribution in [2.75, 3.05) is 7.11 Å². The van der Waals surface area contributed by atoms with E-state index >= 15 is 0 Å². The van der Waals surface area contributed by atoms with Crippen molar-refractivity contribution in [3.8, 4) is 33.6 Å². The van der Waals surface area contributed by atoms with Crippen molar-refractivity contribution in [2.24, 2.45) is 5.16 Å². The minimum Gasteiger partial charge on any atom is -0.399 e. The number of hydrogen-bond donors (Lipinski definition) is 0. The maximum atomic E-state index is 5.42. The molecule has 0 saturated heterocycles. The van der Waals surface area contributed by atoms with E-state index in [1.54, 1.807) is 19.5 Å². The highest BCUT2D eigenvalue weighted by molar-refractivity contribution is 5.97. The number of pyridine rings is 2. The summed E-state index contributed by atoms with van der Waals surface area (Å²) in [5.74, 6) is -0.0336. The maximum Gasteiger partial charge on any atom is 0.106 e. The lowest BCUT2D eigenvalue weighted by molar-refractivity contribution is 0.210. The molecule has 0 N–H and O–H groups in total. The largest absolute Gasteiger partial charge is 0.399 e. The normalized spacial score (nSPS) is 12.5. The quantitative estimate of drug-likeness (QED) is 0.115. The molecule has 0 aliphatic carbocycles. The average Bonchev–Trinajstić information content (AvgIpc) is 3.81. The van der Waals surface area contributed by atoms with Crippen LogP contribution in [-0.2, 0) is 4.84 Å². The van der Waals surface area contributed by atoms with Gasteiger partial charge in [0, 0.05) is 59.1 Å². The fraction of sp³-hybridized carbons (Fsp3) is 0.119. The molecule has 4 aromatic carbocycles. The fourth-order valence-electron chi connectivity index (χ4n) is 6.73. The molecule has 244 valence electrons. The van der Waals surface area contributed by atoms with Gasteiger partial charge in [-0.15, -0.1) is 0 Å². The zero-order valence-corrected chi connectivity index (χ0v) is 28.0. The molecule has 0 bridgehead atoms. The van der Waals surface area contributed by atoms with Gasteiger partial charge in [-0.2, -0.15) is 0 Å². The van der Waals surface area contributed by atoms with Crippen LogP contribution >= 0.6 is 0 Å². The van der Waals surface area contributed by atoms with Gasteiger partial charge in [0.2, 0.25) is 0 Å². The number of oxime groups is 1. The zero-order chi connectivity index (χ0) is 34.0. The van der Waals surface area contributed by atoms with Gasteiger partial charge in [-0.3, -0.25) is 19.1 Å². The van der Waals surface area contributed by atoms with Crippen molar-refractivity contribution in [1.82, 2.24) is 29.1 Å². The predicted octanol–water partition coefficient (Wildman–Crippen LogP) is 9.40. The second-order valence-corrected chi connectivity index (χ2v) is 12.5. The van der Waals surface area contributed by atoms with E-state index in [1.165, 1.54) is 0 Å². The molecule has 8 aromatic rings. The zero-order valence-electron chi connectivity index (χ0n) is 28.0. The Morgan fingerprint density at radius 2 is 1.06 bits per heavy atom. The highest BCUT2D eigenvalue weighted by Crippen LogP contribution is 2.32. The van der Waals surface area contributed by atoms with E-state index in [1.807, 2.05) is 37.2 Å². The van der Waals surface area contributed by atoms with Crippen molar-refractivity contribution < 1.29 is 4.84 Å². The molecule has 0 fully saturated rings. The number of hydrogen-bond acceptors (Lipinski definition) is 6. The first kappa shape index (κ1) is 30.9. The number of nitrogens with zero attached hydrogens (tertiary/aromatic N) is 7. The third-order valence-electron chi connectivity index (χ3n) is 9.46. The summed E-state index contributed by atoms with van der Waals surface area (Å²) in [4.78, 5) is 23.6. The van der Waals surface area contributed by atoms with E-state index in [0.717, 1.165) is 72.5 Å². The van der Waals surface area contributed by atoms with Crippen LogP contribution in [-0.4, -0.2) is 41.9 Å². The molecule has 0 aliphatic rings. The van der Waals surface area contributed by atoms with Crippen molar-refractivity contribution in [3.63, 3.8) is 0 Å². The van der Waals surface area contributed by atoms with Crippen LogP contribution in [0.25, 0.3) is 55.7 Å². The molecule has 50 heavy (non-hydrogen) atoms. The van der Waals surface area contributed by atoms with Crippen LogP contribution < -0.4 is 0 Å². The topological polar surface area (TPSA) is 83.0 Å². The Morgan fingerprint density at radius 1 is 0.580 bits per heavy atom. The third kappa shape index (κ3) is 5.81. The third-order valence-corrected chi connectivity index (χ3v) is 9.46. The molecule has 0 amide bonds. The lowest BCUT2D eigenvalue weighted by atomic mass is 9.85. The first-order valence-electron chi connectivity index (χ1n) is 16.6. The van der Waals surface area contributed by atoms with Gasteiger partial charge in [0.05, 0.1) is 27.8 Å². The summed E-state index contributed by atoms with van der Waals surface area (Å²) in [5, 5.41) is 4.57. The molecular weight excluding hydrogens is 619 g/mol. The van der Waals surface area contributed by atoms with Gasteiger partial charge in [0.1, 0.15) is 19.8 Å². The summed E-state index contributed by atoms with van der Waals surface area (Å²) in [6, 6.07) is 37.8. The van der Waals surface area contributed by atoms with Crippen LogP contribution in [0.15, 0.2) is 152 Å². The Balaban J connectivity index is 1.06. The average molecular weight is 654 g/mol. The van der Waals surface area contributed by atoms with E-state index in [4.69, 9.17) is 14.8 Å². The maximum absolute atomic E-state index is 5.42. The molecule has 8 rings (SSSR count). The van der Waals surface area contributed by atoms with Crippen LogP contribution in [0.5, 0.6) is 0 Å². The first-order valence-corrected chi connectivity index (χ1v) is 16.6. The van der Waals surface area contributed by atoms with Gasteiger partial charge in [0.15, 0.2) is 0 Å². The number of imidazole rings is 2. The Kier molecular flexibility index (Phi) is 8.18. The Labute approximate surface area is 290 Å². The van der Waals surface area contributed by atoms with Gasteiger partial charge in [-0.1, -0.05) is 67.5 Å². The minimum absolute atomic E-state index is 0.0168. The Morgan fingerprint density at radius 3 is 1.50 bits per heavy atom. The SMILES string of the molecule is CON=C(C(C)c1ccc2c(c1)ncn2-c1cccc(-c2cccnc2)c1)C(C)c1ccc2c(c1)ncn2-c1cccc(-c2cccnc2)c1. The van der Waals surface area contributed by atoms with Crippen LogP contribution in [0, 0.1) is 0 Å². The second-order valence-electron chi connectivity index (χ2n) is 12.5. The summed E-state index contributed by atoms with van der Waals surface area (Å²) in [7, 11) is 1.61. The molecule has 8 nitrogen and oxygen atoms in total. The minimum atomic E-state index is -0.0168. The lowest BCUT2D eigenvalue weighted by Crippen LogP contribution is -2.17. The second kappa shape index (κ2) is 13.2. The van der Waals surface area contributed by atoms with Gasteiger partial charge >= 0.3 is 0 Å². The molecule has 2 unspecified atom stereocenters. The molecule has 2 atom stereocenters. The smallest absolute Gasteiger partial charge is 0.106 e. The lowest BCUT2D eigenvalue weighted by Gasteiger charge is -2.21. The van der Waals surface area contributed by atoms with E-state index in [-0.39, 0.29) is 11.8 Å². The van der Waals surface area contributed by atoms with Crippen molar-refractivity contribution in [3.05, 3.63) is 158 Å². The van der Waals surface area contributed by atoms with Gasteiger partial charge < -0.3 is 4.84 Å². The molecule has 0 radical (unpaired) electrons. The summed E-state index contributed by atoms with van der Waals surface area (Å²) < 4.78 is 4.25. The summed E-state index contributed by atoms with van der Waals surface area (Å²) in [6.45, 7) is 4.35. The number of benzene rings is 4. The number of aromatic nitrogens is 6. The van der Waals surface area contributed by atoms with E-state index in [9.17, 15) is 0 Å². The molecule has 8 heteroatoms. The van der Waals surface area contributed by atoms with E-state index < -0.39 is 0 Å². The molecule has 0 saturated carbocycles. The fourth-order valence-corrected chi connectivity index (χ4v) is 6.73. The molecular formula is C42H35N7O. The van der Waals surface area contributed by atoms with E-state index in [0.29, 0.717) is 0 Å². The van der Waals surface area contributed by atoms with Crippen LogP contribution in [0.1, 0.15) is 36.8 Å². The van der Waals surface area contributed by atoms with Gasteiger partial charge in [-0.05, 0) is 82.9 Å². The monoisotopic (exact) mass is 653 g/mol. The molecule has 4 aromatic heterocycles. The van der Waals surface area contributed by atoms with Crippen molar-refractivity contribution >= 4 is 27.8 Å². The summed E-state index contributed by atoms with van der Waals surface area (Å²) in [5.41, 5.74) is 13.5. The van der Waals surface area contributed by atoms with Crippen LogP contribution in [0.2, 0.25) is 0 Å². The number of rotatable bonds is 9.